The number of aliphatic imine (C=N–C) groups is 1. The standard InChI is InChI=1S/C22H27N5O3.HI/c1-23-22(24-11-14-27-12-4-5-13-27)26-16-17-9-10-20(25-15-17)30-21-18(28-2)7-6-8-19(21)29-3;/h4-10,12-13,15H,11,14,16H2,1-3H3,(H2,23,24,26);1H. The molecule has 31 heavy (non-hydrogen) atoms. The molecule has 0 unspecified atom stereocenters. The molecule has 9 heteroatoms. The minimum atomic E-state index is 0. The first-order chi connectivity index (χ1) is 14.7. The molecule has 2 N–H and O–H groups in total. The molecular weight excluding hydrogens is 509 g/mol. The molecule has 0 aliphatic carbocycles. The summed E-state index contributed by atoms with van der Waals surface area (Å²) in [6, 6.07) is 13.2. The Hall–Kier alpha value is -2.95. The van der Waals surface area contributed by atoms with E-state index in [0.29, 0.717) is 29.7 Å². The van der Waals surface area contributed by atoms with E-state index in [0.717, 1.165) is 24.6 Å². The molecular formula is C22H28IN5O3. The van der Waals surface area contributed by atoms with E-state index in [1.54, 1.807) is 27.5 Å². The summed E-state index contributed by atoms with van der Waals surface area (Å²) >= 11 is 0. The van der Waals surface area contributed by atoms with Crippen molar-refractivity contribution in [1.29, 1.82) is 0 Å². The zero-order valence-corrected chi connectivity index (χ0v) is 20.2. The van der Waals surface area contributed by atoms with Crippen LogP contribution in [0.4, 0.5) is 0 Å². The number of hydrogen-bond acceptors (Lipinski definition) is 5. The first kappa shape index (κ1) is 24.3. The van der Waals surface area contributed by atoms with Gasteiger partial charge >= 0.3 is 0 Å². The van der Waals surface area contributed by atoms with Crippen molar-refractivity contribution in [2.45, 2.75) is 13.1 Å². The first-order valence-corrected chi connectivity index (χ1v) is 9.62. The van der Waals surface area contributed by atoms with E-state index in [9.17, 15) is 0 Å². The molecule has 0 spiro atoms. The molecule has 0 bridgehead atoms. The van der Waals surface area contributed by atoms with Crippen LogP contribution < -0.4 is 24.8 Å². The monoisotopic (exact) mass is 537 g/mol. The molecule has 0 saturated heterocycles. The maximum absolute atomic E-state index is 5.89. The molecule has 0 atom stereocenters. The Balaban J connectivity index is 0.00000341. The predicted molar refractivity (Wildman–Crippen MR) is 132 cm³/mol. The average molecular weight is 537 g/mol. The summed E-state index contributed by atoms with van der Waals surface area (Å²) in [5.41, 5.74) is 1.00. The number of methoxy groups -OCH3 is 2. The lowest BCUT2D eigenvalue weighted by Gasteiger charge is -2.14. The second kappa shape index (κ2) is 12.7. The number of guanidine groups is 1. The summed E-state index contributed by atoms with van der Waals surface area (Å²) in [4.78, 5) is 8.63. The third kappa shape index (κ3) is 7.06. The lowest BCUT2D eigenvalue weighted by Crippen LogP contribution is -2.38. The Morgan fingerprint density at radius 3 is 2.29 bits per heavy atom. The minimum Gasteiger partial charge on any atom is -0.493 e. The van der Waals surface area contributed by atoms with Crippen molar-refractivity contribution in [3.63, 3.8) is 0 Å². The Bertz CT molecular complexity index is 924. The van der Waals surface area contributed by atoms with Crippen LogP contribution in [-0.4, -0.2) is 43.3 Å². The lowest BCUT2D eigenvalue weighted by molar-refractivity contribution is 0.342. The highest BCUT2D eigenvalue weighted by Crippen LogP contribution is 2.39. The summed E-state index contributed by atoms with van der Waals surface area (Å²) in [5.74, 6) is 2.85. The second-order valence-electron chi connectivity index (χ2n) is 6.37. The molecule has 0 fully saturated rings. The van der Waals surface area contributed by atoms with Gasteiger partial charge in [-0.3, -0.25) is 4.99 Å². The number of rotatable bonds is 9. The van der Waals surface area contributed by atoms with E-state index in [1.165, 1.54) is 0 Å². The van der Waals surface area contributed by atoms with E-state index in [1.807, 2.05) is 54.9 Å². The minimum absolute atomic E-state index is 0. The first-order valence-electron chi connectivity index (χ1n) is 9.62. The average Bonchev–Trinajstić information content (AvgIpc) is 3.30. The van der Waals surface area contributed by atoms with Crippen LogP contribution in [0, 0.1) is 0 Å². The number of nitrogens with zero attached hydrogens (tertiary/aromatic N) is 3. The highest BCUT2D eigenvalue weighted by atomic mass is 127. The zero-order valence-electron chi connectivity index (χ0n) is 17.9. The van der Waals surface area contributed by atoms with Crippen molar-refractivity contribution in [2.75, 3.05) is 27.8 Å². The Morgan fingerprint density at radius 2 is 1.71 bits per heavy atom. The van der Waals surface area contributed by atoms with Crippen molar-refractivity contribution in [2.24, 2.45) is 4.99 Å². The second-order valence-corrected chi connectivity index (χ2v) is 6.37. The number of halogens is 1. The van der Waals surface area contributed by atoms with Gasteiger partial charge in [-0.25, -0.2) is 4.98 Å². The number of benzene rings is 1. The van der Waals surface area contributed by atoms with Crippen LogP contribution in [0.5, 0.6) is 23.1 Å². The molecule has 166 valence electrons. The van der Waals surface area contributed by atoms with Gasteiger partial charge in [-0.1, -0.05) is 12.1 Å². The van der Waals surface area contributed by atoms with Gasteiger partial charge in [-0.15, -0.1) is 24.0 Å². The highest BCUT2D eigenvalue weighted by molar-refractivity contribution is 14.0. The number of ether oxygens (including phenoxy) is 3. The fourth-order valence-electron chi connectivity index (χ4n) is 2.83. The van der Waals surface area contributed by atoms with Gasteiger partial charge in [0.05, 0.1) is 14.2 Å². The van der Waals surface area contributed by atoms with Crippen LogP contribution in [0.3, 0.4) is 0 Å². The maximum atomic E-state index is 5.89. The molecule has 2 aromatic heterocycles. The van der Waals surface area contributed by atoms with E-state index in [-0.39, 0.29) is 24.0 Å². The predicted octanol–water partition coefficient (Wildman–Crippen LogP) is 3.68. The molecule has 3 rings (SSSR count). The number of nitrogens with one attached hydrogen (secondary N) is 2. The molecule has 8 nitrogen and oxygen atoms in total. The van der Waals surface area contributed by atoms with E-state index < -0.39 is 0 Å². The van der Waals surface area contributed by atoms with Crippen molar-refractivity contribution >= 4 is 29.9 Å². The third-order valence-electron chi connectivity index (χ3n) is 4.40. The molecule has 0 aliphatic rings. The normalized spacial score (nSPS) is 10.7. The van der Waals surface area contributed by atoms with Crippen LogP contribution in [-0.2, 0) is 13.1 Å². The van der Waals surface area contributed by atoms with Crippen LogP contribution >= 0.6 is 24.0 Å². The summed E-state index contributed by atoms with van der Waals surface area (Å²) in [7, 11) is 4.92. The number of hydrogen-bond donors (Lipinski definition) is 2. The Labute approximate surface area is 199 Å². The number of aromatic nitrogens is 2. The van der Waals surface area contributed by atoms with Crippen molar-refractivity contribution in [3.05, 3.63) is 66.6 Å². The van der Waals surface area contributed by atoms with Crippen molar-refractivity contribution in [3.8, 4) is 23.1 Å². The van der Waals surface area contributed by atoms with Crippen molar-refractivity contribution < 1.29 is 14.2 Å². The van der Waals surface area contributed by atoms with Gasteiger partial charge in [0.1, 0.15) is 0 Å². The zero-order chi connectivity index (χ0) is 21.2. The van der Waals surface area contributed by atoms with Gasteiger partial charge in [0.2, 0.25) is 11.6 Å². The van der Waals surface area contributed by atoms with Crippen LogP contribution in [0.1, 0.15) is 5.56 Å². The summed E-state index contributed by atoms with van der Waals surface area (Å²) in [6.45, 7) is 2.24. The van der Waals surface area contributed by atoms with Gasteiger partial charge in [0.25, 0.3) is 0 Å². The molecule has 0 amide bonds. The summed E-state index contributed by atoms with van der Waals surface area (Å²) in [5, 5.41) is 6.57. The van der Waals surface area contributed by atoms with Crippen LogP contribution in [0.25, 0.3) is 0 Å². The Kier molecular flexibility index (Phi) is 9.95. The van der Waals surface area contributed by atoms with E-state index >= 15 is 0 Å². The highest BCUT2D eigenvalue weighted by Gasteiger charge is 2.13. The third-order valence-corrected chi connectivity index (χ3v) is 4.40. The molecule has 0 saturated carbocycles. The fourth-order valence-corrected chi connectivity index (χ4v) is 2.83. The van der Waals surface area contributed by atoms with E-state index in [4.69, 9.17) is 14.2 Å². The van der Waals surface area contributed by atoms with Gasteiger partial charge in [0.15, 0.2) is 17.5 Å². The van der Waals surface area contributed by atoms with Crippen LogP contribution in [0.15, 0.2) is 66.0 Å². The molecule has 1 aromatic carbocycles. The quantitative estimate of drug-likeness (QED) is 0.246. The number of para-hydroxylation sites is 1. The number of pyridine rings is 1. The molecule has 2 heterocycles. The fraction of sp³-hybridized carbons (Fsp3) is 0.273. The van der Waals surface area contributed by atoms with E-state index in [2.05, 4.69) is 25.2 Å². The van der Waals surface area contributed by atoms with Gasteiger partial charge < -0.3 is 29.4 Å². The maximum Gasteiger partial charge on any atom is 0.219 e. The molecule has 0 radical (unpaired) electrons. The smallest absolute Gasteiger partial charge is 0.219 e. The molecule has 3 aromatic rings. The lowest BCUT2D eigenvalue weighted by atomic mass is 10.3. The topological polar surface area (TPSA) is 81.9 Å². The van der Waals surface area contributed by atoms with Gasteiger partial charge in [0, 0.05) is 51.3 Å². The SMILES string of the molecule is CN=C(NCCn1cccc1)NCc1ccc(Oc2c(OC)cccc2OC)nc1.I. The Morgan fingerprint density at radius 1 is 1.00 bits per heavy atom. The molecule has 0 aliphatic heterocycles. The summed E-state index contributed by atoms with van der Waals surface area (Å²) < 4.78 is 18.7. The van der Waals surface area contributed by atoms with Crippen LogP contribution in [0.2, 0.25) is 0 Å². The van der Waals surface area contributed by atoms with Gasteiger partial charge in [-0.2, -0.15) is 0 Å². The van der Waals surface area contributed by atoms with Gasteiger partial charge in [-0.05, 0) is 29.8 Å². The largest absolute Gasteiger partial charge is 0.493 e. The van der Waals surface area contributed by atoms with Crippen molar-refractivity contribution in [1.82, 2.24) is 20.2 Å². The summed E-state index contributed by atoms with van der Waals surface area (Å²) in [6.07, 6.45) is 5.83.